The SMILES string of the molecule is CN1C(=O)C(c2ccccc2)(c2cccc(CC(=O)CC3CC3)c2)N=C1N. The molecule has 2 N–H and O–H groups in total. The Morgan fingerprint density at radius 3 is 2.48 bits per heavy atom. The van der Waals surface area contributed by atoms with E-state index in [1.54, 1.807) is 7.05 Å². The van der Waals surface area contributed by atoms with Gasteiger partial charge in [-0.3, -0.25) is 14.5 Å². The lowest BCUT2D eigenvalue weighted by molar-refractivity contribution is -0.129. The molecule has 1 amide bonds. The smallest absolute Gasteiger partial charge is 0.266 e. The van der Waals surface area contributed by atoms with Crippen molar-refractivity contribution < 1.29 is 9.59 Å². The van der Waals surface area contributed by atoms with E-state index in [4.69, 9.17) is 5.73 Å². The highest BCUT2D eigenvalue weighted by Crippen LogP contribution is 2.39. The molecule has 2 aromatic rings. The maximum atomic E-state index is 13.2. The lowest BCUT2D eigenvalue weighted by atomic mass is 9.82. The molecule has 2 aromatic carbocycles. The van der Waals surface area contributed by atoms with Crippen LogP contribution in [0, 0.1) is 5.92 Å². The number of likely N-dealkylation sites (N-methyl/N-ethyl adjacent to an activating group) is 1. The molecule has 0 spiro atoms. The first-order chi connectivity index (χ1) is 13.0. The van der Waals surface area contributed by atoms with Gasteiger partial charge in [-0.05, 0) is 35.4 Å². The second kappa shape index (κ2) is 6.65. The molecule has 1 heterocycles. The molecule has 1 saturated carbocycles. The number of rotatable bonds is 6. The summed E-state index contributed by atoms with van der Waals surface area (Å²) in [5, 5.41) is 0. The van der Waals surface area contributed by atoms with Gasteiger partial charge in [0, 0.05) is 19.9 Å². The third kappa shape index (κ3) is 3.14. The number of hydrogen-bond donors (Lipinski definition) is 1. The van der Waals surface area contributed by atoms with Gasteiger partial charge >= 0.3 is 0 Å². The topological polar surface area (TPSA) is 75.8 Å². The van der Waals surface area contributed by atoms with Gasteiger partial charge in [-0.15, -0.1) is 0 Å². The van der Waals surface area contributed by atoms with Gasteiger partial charge in [-0.25, -0.2) is 4.99 Å². The number of hydrogen-bond acceptors (Lipinski definition) is 4. The average Bonchev–Trinajstić information content (AvgIpc) is 3.45. The molecule has 0 saturated heterocycles. The summed E-state index contributed by atoms with van der Waals surface area (Å²) in [6, 6.07) is 17.1. The Balaban J connectivity index is 1.74. The number of benzene rings is 2. The Bertz CT molecular complexity index is 918. The van der Waals surface area contributed by atoms with Crippen molar-refractivity contribution in [1.29, 1.82) is 0 Å². The first-order valence-electron chi connectivity index (χ1n) is 9.31. The zero-order valence-electron chi connectivity index (χ0n) is 15.4. The minimum atomic E-state index is -1.20. The molecule has 1 unspecified atom stereocenters. The highest BCUT2D eigenvalue weighted by molar-refractivity contribution is 6.08. The van der Waals surface area contributed by atoms with Crippen molar-refractivity contribution in [2.45, 2.75) is 31.2 Å². The minimum absolute atomic E-state index is 0.187. The van der Waals surface area contributed by atoms with Crippen molar-refractivity contribution in [2.24, 2.45) is 16.6 Å². The van der Waals surface area contributed by atoms with Gasteiger partial charge in [0.1, 0.15) is 5.78 Å². The van der Waals surface area contributed by atoms with Gasteiger partial charge in [0.2, 0.25) is 0 Å². The molecule has 138 valence electrons. The van der Waals surface area contributed by atoms with E-state index < -0.39 is 5.54 Å². The number of amides is 1. The zero-order chi connectivity index (χ0) is 19.0. The average molecular weight is 361 g/mol. The normalized spacial score (nSPS) is 22.0. The minimum Gasteiger partial charge on any atom is -0.369 e. The predicted molar refractivity (Wildman–Crippen MR) is 104 cm³/mol. The van der Waals surface area contributed by atoms with E-state index in [-0.39, 0.29) is 17.6 Å². The van der Waals surface area contributed by atoms with E-state index in [0.29, 0.717) is 18.8 Å². The van der Waals surface area contributed by atoms with Crippen LogP contribution in [0.5, 0.6) is 0 Å². The summed E-state index contributed by atoms with van der Waals surface area (Å²) < 4.78 is 0. The van der Waals surface area contributed by atoms with Gasteiger partial charge in [0.25, 0.3) is 5.91 Å². The molecule has 27 heavy (non-hydrogen) atoms. The fourth-order valence-electron chi connectivity index (χ4n) is 3.71. The van der Waals surface area contributed by atoms with Crippen LogP contribution in [0.4, 0.5) is 0 Å². The Morgan fingerprint density at radius 2 is 1.85 bits per heavy atom. The van der Waals surface area contributed by atoms with E-state index in [0.717, 1.165) is 29.5 Å². The van der Waals surface area contributed by atoms with Gasteiger partial charge in [-0.2, -0.15) is 0 Å². The highest BCUT2D eigenvalue weighted by Gasteiger charge is 2.49. The summed E-state index contributed by atoms with van der Waals surface area (Å²) in [6.07, 6.45) is 3.37. The molecule has 0 aromatic heterocycles. The molecule has 5 heteroatoms. The van der Waals surface area contributed by atoms with E-state index in [2.05, 4.69) is 4.99 Å². The van der Waals surface area contributed by atoms with Crippen molar-refractivity contribution in [3.05, 3.63) is 71.3 Å². The number of ketones is 1. The van der Waals surface area contributed by atoms with Crippen LogP contribution in [-0.4, -0.2) is 29.6 Å². The number of carbonyl (C=O) groups excluding carboxylic acids is 2. The summed E-state index contributed by atoms with van der Waals surface area (Å²) in [7, 11) is 1.63. The number of nitrogens with zero attached hydrogens (tertiary/aromatic N) is 2. The second-order valence-electron chi connectivity index (χ2n) is 7.47. The molecule has 0 radical (unpaired) electrons. The Hall–Kier alpha value is -2.95. The van der Waals surface area contributed by atoms with Crippen LogP contribution in [0.3, 0.4) is 0 Å². The van der Waals surface area contributed by atoms with Crippen molar-refractivity contribution in [2.75, 3.05) is 7.05 Å². The van der Waals surface area contributed by atoms with Crippen LogP contribution in [-0.2, 0) is 21.5 Å². The fourth-order valence-corrected chi connectivity index (χ4v) is 3.71. The second-order valence-corrected chi connectivity index (χ2v) is 7.47. The quantitative estimate of drug-likeness (QED) is 0.859. The van der Waals surface area contributed by atoms with E-state index in [1.807, 2.05) is 54.6 Å². The number of nitrogens with two attached hydrogens (primary N) is 1. The number of carbonyl (C=O) groups is 2. The summed E-state index contributed by atoms with van der Waals surface area (Å²) in [4.78, 5) is 31.5. The summed E-state index contributed by atoms with van der Waals surface area (Å²) in [6.45, 7) is 0. The van der Waals surface area contributed by atoms with Crippen LogP contribution < -0.4 is 5.73 Å². The molecule has 1 atom stereocenters. The third-order valence-electron chi connectivity index (χ3n) is 5.39. The Kier molecular flexibility index (Phi) is 4.30. The monoisotopic (exact) mass is 361 g/mol. The van der Waals surface area contributed by atoms with Gasteiger partial charge < -0.3 is 5.73 Å². The van der Waals surface area contributed by atoms with E-state index in [1.165, 1.54) is 4.90 Å². The predicted octanol–water partition coefficient (Wildman–Crippen LogP) is 2.63. The third-order valence-corrected chi connectivity index (χ3v) is 5.39. The number of Topliss-reactive ketones (excluding diaryl/α,β-unsaturated/α-hetero) is 1. The van der Waals surface area contributed by atoms with Crippen molar-refractivity contribution in [1.82, 2.24) is 4.90 Å². The maximum Gasteiger partial charge on any atom is 0.266 e. The maximum absolute atomic E-state index is 13.2. The van der Waals surface area contributed by atoms with Gasteiger partial charge in [0.05, 0.1) is 0 Å². The first-order valence-corrected chi connectivity index (χ1v) is 9.31. The van der Waals surface area contributed by atoms with Crippen molar-refractivity contribution in [3.8, 4) is 0 Å². The van der Waals surface area contributed by atoms with Crippen LogP contribution in [0.1, 0.15) is 36.0 Å². The number of aliphatic imine (C=N–C) groups is 1. The van der Waals surface area contributed by atoms with E-state index in [9.17, 15) is 9.59 Å². The van der Waals surface area contributed by atoms with Crippen LogP contribution in [0.15, 0.2) is 59.6 Å². The van der Waals surface area contributed by atoms with Crippen molar-refractivity contribution in [3.63, 3.8) is 0 Å². The molecule has 5 nitrogen and oxygen atoms in total. The fraction of sp³-hybridized carbons (Fsp3) is 0.318. The lowest BCUT2D eigenvalue weighted by Gasteiger charge is -2.26. The standard InChI is InChI=1S/C22H23N3O2/c1-25-20(27)22(24-21(25)23,17-7-3-2-4-8-17)18-9-5-6-16(12-18)14-19(26)13-15-10-11-15/h2-9,12,15H,10-11,13-14H2,1H3,(H2,23,24). The first kappa shape index (κ1) is 17.5. The van der Waals surface area contributed by atoms with E-state index >= 15 is 0 Å². The largest absolute Gasteiger partial charge is 0.369 e. The summed E-state index contributed by atoms with van der Waals surface area (Å²) in [5.74, 6) is 0.832. The van der Waals surface area contributed by atoms with Gasteiger partial charge in [0.15, 0.2) is 11.5 Å². The summed E-state index contributed by atoms with van der Waals surface area (Å²) >= 11 is 0. The van der Waals surface area contributed by atoms with Crippen LogP contribution in [0.2, 0.25) is 0 Å². The lowest BCUT2D eigenvalue weighted by Crippen LogP contribution is -2.41. The summed E-state index contributed by atoms with van der Waals surface area (Å²) in [5.41, 5.74) is 7.21. The van der Waals surface area contributed by atoms with Crippen molar-refractivity contribution >= 4 is 17.6 Å². The molecule has 1 aliphatic carbocycles. The molecular weight excluding hydrogens is 338 g/mol. The molecule has 2 aliphatic rings. The molecule has 1 aliphatic heterocycles. The number of guanidine groups is 1. The molecule has 4 rings (SSSR count). The van der Waals surface area contributed by atoms with Crippen LogP contribution >= 0.6 is 0 Å². The molecule has 1 fully saturated rings. The molecule has 0 bridgehead atoms. The Morgan fingerprint density at radius 1 is 1.15 bits per heavy atom. The molecular formula is C22H23N3O2. The van der Waals surface area contributed by atoms with Crippen LogP contribution in [0.25, 0.3) is 0 Å². The zero-order valence-corrected chi connectivity index (χ0v) is 15.4. The highest BCUT2D eigenvalue weighted by atomic mass is 16.2. The van der Waals surface area contributed by atoms with Gasteiger partial charge in [-0.1, -0.05) is 54.6 Å². The Labute approximate surface area is 158 Å².